The molecule has 2 rings (SSSR count). The SMILES string of the molecule is Cc1cnc(CN=C(N)N2CCCC(C)C2)s1. The molecule has 1 aliphatic heterocycles. The molecule has 94 valence electrons. The highest BCUT2D eigenvalue weighted by molar-refractivity contribution is 7.11. The van der Waals surface area contributed by atoms with Crippen LogP contribution in [0.2, 0.25) is 0 Å². The predicted molar refractivity (Wildman–Crippen MR) is 72.1 cm³/mol. The molecule has 0 saturated carbocycles. The molecule has 0 aromatic carbocycles. The van der Waals surface area contributed by atoms with E-state index < -0.39 is 0 Å². The third-order valence-corrected chi connectivity index (χ3v) is 3.92. The Balaban J connectivity index is 1.92. The van der Waals surface area contributed by atoms with Crippen LogP contribution in [0.3, 0.4) is 0 Å². The Morgan fingerprint density at radius 2 is 2.53 bits per heavy atom. The van der Waals surface area contributed by atoms with Crippen LogP contribution in [0, 0.1) is 12.8 Å². The summed E-state index contributed by atoms with van der Waals surface area (Å²) in [6.45, 7) is 7.00. The molecule has 5 heteroatoms. The molecule has 1 unspecified atom stereocenters. The molecule has 0 aliphatic carbocycles. The fraction of sp³-hybridized carbons (Fsp3) is 0.667. The molecule has 1 aromatic heterocycles. The zero-order valence-corrected chi connectivity index (χ0v) is 11.3. The van der Waals surface area contributed by atoms with Gasteiger partial charge in [0.05, 0.1) is 6.54 Å². The standard InChI is InChI=1S/C12H20N4S/c1-9-4-3-5-16(8-9)12(13)15-7-11-14-6-10(2)17-11/h6,9H,3-5,7-8H2,1-2H3,(H2,13,15). The monoisotopic (exact) mass is 252 g/mol. The second-order valence-electron chi connectivity index (χ2n) is 4.73. The maximum atomic E-state index is 6.02. The number of thiazole rings is 1. The zero-order chi connectivity index (χ0) is 12.3. The summed E-state index contributed by atoms with van der Waals surface area (Å²) in [6, 6.07) is 0. The molecule has 1 aromatic rings. The molecule has 1 aliphatic rings. The highest BCUT2D eigenvalue weighted by atomic mass is 32.1. The van der Waals surface area contributed by atoms with Gasteiger partial charge in [-0.1, -0.05) is 6.92 Å². The third kappa shape index (κ3) is 3.43. The van der Waals surface area contributed by atoms with Crippen LogP contribution in [-0.4, -0.2) is 28.9 Å². The van der Waals surface area contributed by atoms with Crippen molar-refractivity contribution in [3.8, 4) is 0 Å². The number of hydrogen-bond acceptors (Lipinski definition) is 3. The van der Waals surface area contributed by atoms with Crippen LogP contribution in [0.4, 0.5) is 0 Å². The first-order chi connectivity index (χ1) is 8.15. The number of aliphatic imine (C=N–C) groups is 1. The largest absolute Gasteiger partial charge is 0.370 e. The lowest BCUT2D eigenvalue weighted by atomic mass is 10.0. The van der Waals surface area contributed by atoms with Crippen molar-refractivity contribution in [2.24, 2.45) is 16.6 Å². The quantitative estimate of drug-likeness (QED) is 0.647. The Hall–Kier alpha value is -1.10. The molecule has 17 heavy (non-hydrogen) atoms. The first-order valence-corrected chi connectivity index (χ1v) is 6.93. The van der Waals surface area contributed by atoms with E-state index >= 15 is 0 Å². The number of nitrogens with two attached hydrogens (primary N) is 1. The van der Waals surface area contributed by atoms with E-state index in [9.17, 15) is 0 Å². The van der Waals surface area contributed by atoms with Crippen molar-refractivity contribution in [2.45, 2.75) is 33.2 Å². The van der Waals surface area contributed by atoms with Gasteiger partial charge >= 0.3 is 0 Å². The summed E-state index contributed by atoms with van der Waals surface area (Å²) in [6.07, 6.45) is 4.40. The fourth-order valence-corrected chi connectivity index (χ4v) is 2.83. The number of rotatable bonds is 2. The van der Waals surface area contributed by atoms with E-state index in [-0.39, 0.29) is 0 Å². The minimum Gasteiger partial charge on any atom is -0.370 e. The minimum absolute atomic E-state index is 0.606. The summed E-state index contributed by atoms with van der Waals surface area (Å²) in [5.41, 5.74) is 6.02. The van der Waals surface area contributed by atoms with Gasteiger partial charge in [0.1, 0.15) is 5.01 Å². The highest BCUT2D eigenvalue weighted by Crippen LogP contribution is 2.16. The summed E-state index contributed by atoms with van der Waals surface area (Å²) in [5.74, 6) is 1.39. The van der Waals surface area contributed by atoms with Crippen LogP contribution < -0.4 is 5.73 Å². The minimum atomic E-state index is 0.606. The van der Waals surface area contributed by atoms with E-state index in [1.807, 2.05) is 6.20 Å². The van der Waals surface area contributed by atoms with Gasteiger partial charge in [0.25, 0.3) is 0 Å². The number of likely N-dealkylation sites (tertiary alicyclic amines) is 1. The number of nitrogens with zero attached hydrogens (tertiary/aromatic N) is 3. The van der Waals surface area contributed by atoms with Crippen LogP contribution in [0.25, 0.3) is 0 Å². The fourth-order valence-electron chi connectivity index (χ4n) is 2.12. The molecule has 0 amide bonds. The van der Waals surface area contributed by atoms with Crippen molar-refractivity contribution in [3.63, 3.8) is 0 Å². The van der Waals surface area contributed by atoms with Crippen molar-refractivity contribution in [2.75, 3.05) is 13.1 Å². The third-order valence-electron chi connectivity index (χ3n) is 3.03. The van der Waals surface area contributed by atoms with Crippen molar-refractivity contribution < 1.29 is 0 Å². The summed E-state index contributed by atoms with van der Waals surface area (Å²) >= 11 is 1.68. The number of guanidine groups is 1. The van der Waals surface area contributed by atoms with E-state index in [1.54, 1.807) is 11.3 Å². The van der Waals surface area contributed by atoms with Crippen LogP contribution in [0.1, 0.15) is 29.7 Å². The van der Waals surface area contributed by atoms with E-state index in [4.69, 9.17) is 5.73 Å². The van der Waals surface area contributed by atoms with Gasteiger partial charge < -0.3 is 10.6 Å². The second-order valence-corrected chi connectivity index (χ2v) is 6.05. The Morgan fingerprint density at radius 3 is 3.18 bits per heavy atom. The predicted octanol–water partition coefficient (Wildman–Crippen LogP) is 2.00. The number of hydrogen-bond donors (Lipinski definition) is 1. The average Bonchev–Trinajstić information content (AvgIpc) is 2.72. The molecule has 4 nitrogen and oxygen atoms in total. The lowest BCUT2D eigenvalue weighted by Gasteiger charge is -2.31. The number of aryl methyl sites for hydroxylation is 1. The summed E-state index contributed by atoms with van der Waals surface area (Å²) < 4.78 is 0. The van der Waals surface area contributed by atoms with Gasteiger partial charge in [-0.2, -0.15) is 0 Å². The van der Waals surface area contributed by atoms with Gasteiger partial charge in [0.2, 0.25) is 0 Å². The van der Waals surface area contributed by atoms with Gasteiger partial charge in [-0.15, -0.1) is 11.3 Å². The number of aromatic nitrogens is 1. The van der Waals surface area contributed by atoms with Crippen molar-refractivity contribution in [1.82, 2.24) is 9.88 Å². The van der Waals surface area contributed by atoms with E-state index in [0.717, 1.165) is 24.0 Å². The van der Waals surface area contributed by atoms with Gasteiger partial charge in [-0.25, -0.2) is 9.98 Å². The summed E-state index contributed by atoms with van der Waals surface area (Å²) in [7, 11) is 0. The first-order valence-electron chi connectivity index (χ1n) is 6.11. The van der Waals surface area contributed by atoms with E-state index in [0.29, 0.717) is 12.5 Å². The number of piperidine rings is 1. The van der Waals surface area contributed by atoms with Gasteiger partial charge in [0, 0.05) is 24.2 Å². The Kier molecular flexibility index (Phi) is 3.99. The van der Waals surface area contributed by atoms with Gasteiger partial charge in [-0.05, 0) is 25.7 Å². The van der Waals surface area contributed by atoms with Crippen LogP contribution in [-0.2, 0) is 6.54 Å². The molecule has 1 saturated heterocycles. The summed E-state index contributed by atoms with van der Waals surface area (Å²) in [4.78, 5) is 12.1. The zero-order valence-electron chi connectivity index (χ0n) is 10.5. The van der Waals surface area contributed by atoms with Crippen LogP contribution >= 0.6 is 11.3 Å². The lowest BCUT2D eigenvalue weighted by Crippen LogP contribution is -2.43. The molecular weight excluding hydrogens is 232 g/mol. The molecule has 0 radical (unpaired) electrons. The van der Waals surface area contributed by atoms with Crippen molar-refractivity contribution in [3.05, 3.63) is 16.1 Å². The topological polar surface area (TPSA) is 54.5 Å². The normalized spacial score (nSPS) is 21.9. The lowest BCUT2D eigenvalue weighted by molar-refractivity contribution is 0.270. The van der Waals surface area contributed by atoms with Gasteiger partial charge in [0.15, 0.2) is 5.96 Å². The maximum absolute atomic E-state index is 6.02. The molecule has 2 N–H and O–H groups in total. The molecule has 2 heterocycles. The Labute approximate surface area is 107 Å². The highest BCUT2D eigenvalue weighted by Gasteiger charge is 2.17. The Bertz CT molecular complexity index is 399. The van der Waals surface area contributed by atoms with Crippen LogP contribution in [0.15, 0.2) is 11.2 Å². The van der Waals surface area contributed by atoms with Crippen molar-refractivity contribution >= 4 is 17.3 Å². The molecule has 1 atom stereocenters. The molecule has 0 spiro atoms. The molecule has 1 fully saturated rings. The maximum Gasteiger partial charge on any atom is 0.191 e. The smallest absolute Gasteiger partial charge is 0.191 e. The van der Waals surface area contributed by atoms with E-state index in [2.05, 4.69) is 28.7 Å². The van der Waals surface area contributed by atoms with Crippen LogP contribution in [0.5, 0.6) is 0 Å². The van der Waals surface area contributed by atoms with Gasteiger partial charge in [-0.3, -0.25) is 0 Å². The molecular formula is C12H20N4S. The molecule has 0 bridgehead atoms. The Morgan fingerprint density at radius 1 is 1.71 bits per heavy atom. The second kappa shape index (κ2) is 5.49. The first kappa shape index (κ1) is 12.4. The average molecular weight is 252 g/mol. The summed E-state index contributed by atoms with van der Waals surface area (Å²) in [5, 5.41) is 1.04. The van der Waals surface area contributed by atoms with E-state index in [1.165, 1.54) is 17.7 Å². The van der Waals surface area contributed by atoms with Crippen molar-refractivity contribution in [1.29, 1.82) is 0 Å².